The van der Waals surface area contributed by atoms with E-state index in [4.69, 9.17) is 11.6 Å². The van der Waals surface area contributed by atoms with Gasteiger partial charge in [0.1, 0.15) is 10.7 Å². The van der Waals surface area contributed by atoms with Gasteiger partial charge in [-0.05, 0) is 36.2 Å². The first-order valence-corrected chi connectivity index (χ1v) is 9.71. The van der Waals surface area contributed by atoms with Crippen LogP contribution in [0.3, 0.4) is 0 Å². The fourth-order valence-corrected chi connectivity index (χ4v) is 5.42. The lowest BCUT2D eigenvalue weighted by Crippen LogP contribution is -2.30. The smallest absolute Gasteiger partial charge is 0.263 e. The first kappa shape index (κ1) is 15.9. The standard InChI is InChI=1S/C18H13ClFNOS2/c19-16-11-3-1-2-4-15(11)24-17(16)18(22)21-13-7-8-23-14-6-5-10(20)9-12(13)14/h1-6,9,13H,7-8H2,(H,21,22). The van der Waals surface area contributed by atoms with Crippen LogP contribution in [0.1, 0.15) is 27.7 Å². The van der Waals surface area contributed by atoms with Gasteiger partial charge in [0, 0.05) is 20.7 Å². The van der Waals surface area contributed by atoms with E-state index in [-0.39, 0.29) is 17.8 Å². The molecular weight excluding hydrogens is 365 g/mol. The average molecular weight is 378 g/mol. The highest BCUT2D eigenvalue weighted by Crippen LogP contribution is 2.38. The maximum Gasteiger partial charge on any atom is 0.263 e. The quantitative estimate of drug-likeness (QED) is 0.624. The van der Waals surface area contributed by atoms with Crippen LogP contribution in [-0.4, -0.2) is 11.7 Å². The molecule has 0 saturated carbocycles. The summed E-state index contributed by atoms with van der Waals surface area (Å²) in [5.41, 5.74) is 0.844. The van der Waals surface area contributed by atoms with Gasteiger partial charge < -0.3 is 5.32 Å². The minimum Gasteiger partial charge on any atom is -0.344 e. The summed E-state index contributed by atoms with van der Waals surface area (Å²) in [4.78, 5) is 14.2. The first-order valence-electron chi connectivity index (χ1n) is 7.53. The largest absolute Gasteiger partial charge is 0.344 e. The normalized spacial score (nSPS) is 16.8. The molecule has 1 aliphatic heterocycles. The van der Waals surface area contributed by atoms with Crippen molar-refractivity contribution in [2.75, 3.05) is 5.75 Å². The minimum absolute atomic E-state index is 0.189. The maximum atomic E-state index is 13.6. The SMILES string of the molecule is O=C(NC1CCSc2ccc(F)cc21)c1sc2ccccc2c1Cl. The Morgan fingerprint density at radius 1 is 1.25 bits per heavy atom. The van der Waals surface area contributed by atoms with Crippen molar-refractivity contribution in [2.45, 2.75) is 17.4 Å². The molecular formula is C18H13ClFNOS2. The molecule has 24 heavy (non-hydrogen) atoms. The van der Waals surface area contributed by atoms with E-state index < -0.39 is 0 Å². The molecule has 1 aliphatic rings. The summed E-state index contributed by atoms with van der Waals surface area (Å²) in [6, 6.07) is 12.2. The number of benzene rings is 2. The Labute approximate surface area is 152 Å². The van der Waals surface area contributed by atoms with Crippen molar-refractivity contribution >= 4 is 50.7 Å². The molecule has 0 saturated heterocycles. The summed E-state index contributed by atoms with van der Waals surface area (Å²) in [7, 11) is 0. The summed E-state index contributed by atoms with van der Waals surface area (Å²) in [6.45, 7) is 0. The van der Waals surface area contributed by atoms with Gasteiger partial charge in [-0.3, -0.25) is 4.79 Å². The maximum absolute atomic E-state index is 13.6. The van der Waals surface area contributed by atoms with Crippen molar-refractivity contribution in [3.8, 4) is 0 Å². The van der Waals surface area contributed by atoms with Crippen LogP contribution in [0.5, 0.6) is 0 Å². The molecule has 0 radical (unpaired) electrons. The number of carbonyl (C=O) groups excluding carboxylic acids is 1. The number of halogens is 2. The Morgan fingerprint density at radius 3 is 2.92 bits per heavy atom. The van der Waals surface area contributed by atoms with Gasteiger partial charge in [0.25, 0.3) is 5.91 Å². The molecule has 4 rings (SSSR count). The Bertz CT molecular complexity index is 940. The van der Waals surface area contributed by atoms with Crippen LogP contribution in [0.2, 0.25) is 5.02 Å². The van der Waals surface area contributed by atoms with E-state index in [1.807, 2.05) is 24.3 Å². The molecule has 3 aromatic rings. The highest BCUT2D eigenvalue weighted by molar-refractivity contribution is 7.99. The molecule has 1 unspecified atom stereocenters. The molecule has 0 spiro atoms. The van der Waals surface area contributed by atoms with Gasteiger partial charge in [-0.15, -0.1) is 23.1 Å². The number of hydrogen-bond donors (Lipinski definition) is 1. The second-order valence-corrected chi connectivity index (χ2v) is 8.15. The number of fused-ring (bicyclic) bond motifs is 2. The zero-order valence-electron chi connectivity index (χ0n) is 12.5. The number of thiophene rings is 1. The predicted octanol–water partition coefficient (Wildman–Crippen LogP) is 5.66. The number of rotatable bonds is 2. The topological polar surface area (TPSA) is 29.1 Å². The van der Waals surface area contributed by atoms with Gasteiger partial charge in [-0.25, -0.2) is 4.39 Å². The molecule has 0 aliphatic carbocycles. The summed E-state index contributed by atoms with van der Waals surface area (Å²) < 4.78 is 14.6. The van der Waals surface area contributed by atoms with Crippen LogP contribution in [-0.2, 0) is 0 Å². The van der Waals surface area contributed by atoms with Crippen molar-refractivity contribution < 1.29 is 9.18 Å². The predicted molar refractivity (Wildman–Crippen MR) is 98.8 cm³/mol. The number of hydrogen-bond acceptors (Lipinski definition) is 3. The third-order valence-electron chi connectivity index (χ3n) is 4.06. The number of nitrogens with one attached hydrogen (secondary N) is 1. The molecule has 1 N–H and O–H groups in total. The van der Waals surface area contributed by atoms with Crippen LogP contribution in [0.4, 0.5) is 4.39 Å². The van der Waals surface area contributed by atoms with Crippen molar-refractivity contribution in [1.82, 2.24) is 5.32 Å². The monoisotopic (exact) mass is 377 g/mol. The Morgan fingerprint density at radius 2 is 2.08 bits per heavy atom. The Kier molecular flexibility index (Phi) is 4.24. The van der Waals surface area contributed by atoms with Crippen LogP contribution in [0.25, 0.3) is 10.1 Å². The van der Waals surface area contributed by atoms with E-state index >= 15 is 0 Å². The zero-order chi connectivity index (χ0) is 16.7. The van der Waals surface area contributed by atoms with E-state index in [0.29, 0.717) is 9.90 Å². The molecule has 1 atom stereocenters. The highest BCUT2D eigenvalue weighted by atomic mass is 35.5. The fraction of sp³-hybridized carbons (Fsp3) is 0.167. The molecule has 0 fully saturated rings. The van der Waals surface area contributed by atoms with Crippen molar-refractivity contribution in [3.63, 3.8) is 0 Å². The van der Waals surface area contributed by atoms with E-state index in [2.05, 4.69) is 5.32 Å². The van der Waals surface area contributed by atoms with Crippen LogP contribution in [0, 0.1) is 5.82 Å². The molecule has 6 heteroatoms. The summed E-state index contributed by atoms with van der Waals surface area (Å²) >= 11 is 9.45. The lowest BCUT2D eigenvalue weighted by atomic mass is 10.0. The Hall–Kier alpha value is -1.56. The van der Waals surface area contributed by atoms with Crippen molar-refractivity contribution in [2.24, 2.45) is 0 Å². The second-order valence-electron chi connectivity index (χ2n) is 5.59. The lowest BCUT2D eigenvalue weighted by Gasteiger charge is -2.25. The Balaban J connectivity index is 1.65. The molecule has 1 amide bonds. The molecule has 2 nitrogen and oxygen atoms in total. The van der Waals surface area contributed by atoms with E-state index in [1.54, 1.807) is 17.8 Å². The molecule has 1 aromatic heterocycles. The van der Waals surface area contributed by atoms with Crippen LogP contribution < -0.4 is 5.32 Å². The van der Waals surface area contributed by atoms with E-state index in [0.717, 1.165) is 32.7 Å². The number of thioether (sulfide) groups is 1. The van der Waals surface area contributed by atoms with Gasteiger partial charge in [0.2, 0.25) is 0 Å². The van der Waals surface area contributed by atoms with Gasteiger partial charge in [0.15, 0.2) is 0 Å². The van der Waals surface area contributed by atoms with Gasteiger partial charge >= 0.3 is 0 Å². The van der Waals surface area contributed by atoms with Crippen LogP contribution >= 0.6 is 34.7 Å². The molecule has 0 bridgehead atoms. The summed E-state index contributed by atoms with van der Waals surface area (Å²) in [5.74, 6) is 0.410. The highest BCUT2D eigenvalue weighted by Gasteiger charge is 2.25. The second kappa shape index (κ2) is 6.39. The fourth-order valence-electron chi connectivity index (χ4n) is 2.90. The van der Waals surface area contributed by atoms with Gasteiger partial charge in [0.05, 0.1) is 11.1 Å². The van der Waals surface area contributed by atoms with Gasteiger partial charge in [-0.2, -0.15) is 0 Å². The van der Waals surface area contributed by atoms with E-state index in [1.165, 1.54) is 23.5 Å². The van der Waals surface area contributed by atoms with Gasteiger partial charge in [-0.1, -0.05) is 29.8 Å². The van der Waals surface area contributed by atoms with Crippen molar-refractivity contribution in [1.29, 1.82) is 0 Å². The third-order valence-corrected chi connectivity index (χ3v) is 6.85. The summed E-state index contributed by atoms with van der Waals surface area (Å²) in [5, 5.41) is 4.40. The third kappa shape index (κ3) is 2.81. The van der Waals surface area contributed by atoms with E-state index in [9.17, 15) is 9.18 Å². The molecule has 2 aromatic carbocycles. The number of amides is 1. The molecule has 2 heterocycles. The summed E-state index contributed by atoms with van der Waals surface area (Å²) in [6.07, 6.45) is 0.773. The average Bonchev–Trinajstić information content (AvgIpc) is 2.93. The van der Waals surface area contributed by atoms with Crippen LogP contribution in [0.15, 0.2) is 47.4 Å². The first-order chi connectivity index (χ1) is 11.6. The van der Waals surface area contributed by atoms with Crippen molar-refractivity contribution in [3.05, 3.63) is 63.7 Å². The zero-order valence-corrected chi connectivity index (χ0v) is 14.9. The molecule has 122 valence electrons. The lowest BCUT2D eigenvalue weighted by molar-refractivity contribution is 0.0939. The minimum atomic E-state index is -0.282. The number of carbonyl (C=O) groups is 1.